The Morgan fingerprint density at radius 3 is 3.18 bits per heavy atom. The lowest BCUT2D eigenvalue weighted by Crippen LogP contribution is -2.47. The number of aromatic nitrogens is 1. The zero-order chi connectivity index (χ0) is 11.8. The third kappa shape index (κ3) is 1.78. The van der Waals surface area contributed by atoms with Crippen LogP contribution in [0.25, 0.3) is 10.2 Å². The molecule has 3 unspecified atom stereocenters. The predicted octanol–water partition coefficient (Wildman–Crippen LogP) is 3.40. The minimum Gasteiger partial charge on any atom is -0.317 e. The molecule has 1 aliphatic rings. The van der Waals surface area contributed by atoms with E-state index in [1.54, 1.807) is 11.3 Å². The summed E-state index contributed by atoms with van der Waals surface area (Å²) in [6.07, 6.45) is 4.58. The summed E-state index contributed by atoms with van der Waals surface area (Å²) in [4.78, 5) is 4.55. The highest BCUT2D eigenvalue weighted by molar-refractivity contribution is 7.17. The average Bonchev–Trinajstić information content (AvgIpc) is 2.76. The first-order chi connectivity index (χ1) is 8.33. The minimum absolute atomic E-state index is 0.698. The summed E-state index contributed by atoms with van der Waals surface area (Å²) >= 11 is 1.79. The number of thiophene rings is 1. The highest BCUT2D eigenvalue weighted by Crippen LogP contribution is 2.44. The van der Waals surface area contributed by atoms with Crippen LogP contribution < -0.4 is 5.32 Å². The monoisotopic (exact) mass is 246 g/mol. The Morgan fingerprint density at radius 1 is 1.53 bits per heavy atom. The maximum atomic E-state index is 4.55. The Bertz CT molecular complexity index is 520. The highest BCUT2D eigenvalue weighted by Gasteiger charge is 2.39. The summed E-state index contributed by atoms with van der Waals surface area (Å²) in [5.41, 5.74) is 2.56. The quantitative estimate of drug-likeness (QED) is 0.898. The second-order valence-electron chi connectivity index (χ2n) is 4.88. The van der Waals surface area contributed by atoms with E-state index in [1.165, 1.54) is 23.1 Å². The smallest absolute Gasteiger partial charge is 0.0809 e. The first kappa shape index (κ1) is 11.2. The van der Waals surface area contributed by atoms with Crippen LogP contribution in [-0.4, -0.2) is 18.1 Å². The van der Waals surface area contributed by atoms with Gasteiger partial charge in [-0.3, -0.25) is 4.98 Å². The van der Waals surface area contributed by atoms with Gasteiger partial charge in [0.1, 0.15) is 0 Å². The molecule has 0 aliphatic heterocycles. The normalized spacial score (nSPS) is 28.2. The van der Waals surface area contributed by atoms with E-state index >= 15 is 0 Å². The molecule has 0 aromatic carbocycles. The Balaban J connectivity index is 1.89. The van der Waals surface area contributed by atoms with Crippen LogP contribution in [0.2, 0.25) is 0 Å². The van der Waals surface area contributed by atoms with Gasteiger partial charge in [0.05, 0.1) is 10.2 Å². The molecule has 1 saturated carbocycles. The van der Waals surface area contributed by atoms with E-state index in [9.17, 15) is 0 Å². The largest absolute Gasteiger partial charge is 0.317 e. The molecule has 3 heteroatoms. The number of hydrogen-bond acceptors (Lipinski definition) is 3. The van der Waals surface area contributed by atoms with Gasteiger partial charge in [-0.05, 0) is 48.4 Å². The molecule has 17 heavy (non-hydrogen) atoms. The van der Waals surface area contributed by atoms with Gasteiger partial charge in [-0.2, -0.15) is 0 Å². The molecule has 1 N–H and O–H groups in total. The van der Waals surface area contributed by atoms with E-state index in [0.29, 0.717) is 12.0 Å². The van der Waals surface area contributed by atoms with Crippen LogP contribution in [0.5, 0.6) is 0 Å². The minimum atomic E-state index is 0.698. The van der Waals surface area contributed by atoms with Gasteiger partial charge in [0.25, 0.3) is 0 Å². The van der Waals surface area contributed by atoms with Crippen molar-refractivity contribution in [3.05, 3.63) is 29.3 Å². The Hall–Kier alpha value is -0.930. The molecule has 0 amide bonds. The van der Waals surface area contributed by atoms with Crippen molar-refractivity contribution in [2.24, 2.45) is 5.92 Å². The molecule has 2 nitrogen and oxygen atoms in total. The maximum Gasteiger partial charge on any atom is 0.0809 e. The third-order valence-corrected chi connectivity index (χ3v) is 4.99. The summed E-state index contributed by atoms with van der Waals surface area (Å²) in [5, 5.41) is 5.54. The summed E-state index contributed by atoms with van der Waals surface area (Å²) in [6, 6.07) is 5.13. The van der Waals surface area contributed by atoms with Crippen LogP contribution >= 0.6 is 11.3 Å². The third-order valence-electron chi connectivity index (χ3n) is 4.14. The standard InChI is InChI=1S/C14H18N2S/c1-3-10-11(7-13(10)15-2)9-6-14-12(16-8-9)4-5-17-14/h4-6,8,10-11,13,15H,3,7H2,1-2H3. The average molecular weight is 246 g/mol. The molecule has 1 fully saturated rings. The van der Waals surface area contributed by atoms with E-state index in [4.69, 9.17) is 0 Å². The van der Waals surface area contributed by atoms with Crippen molar-refractivity contribution in [3.63, 3.8) is 0 Å². The van der Waals surface area contributed by atoms with Crippen LogP contribution in [-0.2, 0) is 0 Å². The molecular weight excluding hydrogens is 228 g/mol. The Morgan fingerprint density at radius 2 is 2.41 bits per heavy atom. The van der Waals surface area contributed by atoms with Gasteiger partial charge in [-0.25, -0.2) is 0 Å². The van der Waals surface area contributed by atoms with E-state index in [1.807, 2.05) is 0 Å². The number of nitrogens with zero attached hydrogens (tertiary/aromatic N) is 1. The second-order valence-corrected chi connectivity index (χ2v) is 5.83. The number of fused-ring (bicyclic) bond motifs is 1. The lowest BCUT2D eigenvalue weighted by molar-refractivity contribution is 0.169. The van der Waals surface area contributed by atoms with Gasteiger partial charge >= 0.3 is 0 Å². The number of hydrogen-bond donors (Lipinski definition) is 1. The van der Waals surface area contributed by atoms with Gasteiger partial charge < -0.3 is 5.32 Å². The summed E-state index contributed by atoms with van der Waals surface area (Å²) in [5.74, 6) is 1.48. The molecule has 90 valence electrons. The molecule has 0 bridgehead atoms. The first-order valence-corrected chi connectivity index (χ1v) is 7.22. The second kappa shape index (κ2) is 4.39. The molecule has 2 aromatic rings. The molecule has 1 aliphatic carbocycles. The van der Waals surface area contributed by atoms with Gasteiger partial charge in [0.15, 0.2) is 0 Å². The lowest BCUT2D eigenvalue weighted by Gasteiger charge is -2.44. The molecule has 0 radical (unpaired) electrons. The SMILES string of the molecule is CCC1C(NC)CC1c1cnc2ccsc2c1. The summed E-state index contributed by atoms with van der Waals surface area (Å²) in [6.45, 7) is 2.29. The van der Waals surface area contributed by atoms with Gasteiger partial charge in [0, 0.05) is 12.2 Å². The maximum absolute atomic E-state index is 4.55. The van der Waals surface area contributed by atoms with E-state index < -0.39 is 0 Å². The highest BCUT2D eigenvalue weighted by atomic mass is 32.1. The van der Waals surface area contributed by atoms with Gasteiger partial charge in [-0.1, -0.05) is 13.3 Å². The number of rotatable bonds is 3. The van der Waals surface area contributed by atoms with Crippen molar-refractivity contribution in [3.8, 4) is 0 Å². The Labute approximate surface area is 106 Å². The van der Waals surface area contributed by atoms with E-state index in [-0.39, 0.29) is 0 Å². The van der Waals surface area contributed by atoms with Crippen molar-refractivity contribution >= 4 is 21.6 Å². The molecule has 2 aromatic heterocycles. The molecular formula is C14H18N2S. The zero-order valence-electron chi connectivity index (χ0n) is 10.3. The fraction of sp³-hybridized carbons (Fsp3) is 0.500. The van der Waals surface area contributed by atoms with Crippen LogP contribution in [0.4, 0.5) is 0 Å². The van der Waals surface area contributed by atoms with E-state index in [0.717, 1.165) is 11.4 Å². The van der Waals surface area contributed by atoms with Crippen LogP contribution in [0.3, 0.4) is 0 Å². The lowest BCUT2D eigenvalue weighted by atomic mass is 9.65. The predicted molar refractivity (Wildman–Crippen MR) is 73.6 cm³/mol. The van der Waals surface area contributed by atoms with Gasteiger partial charge in [0.2, 0.25) is 0 Å². The number of pyridine rings is 1. The first-order valence-electron chi connectivity index (χ1n) is 6.34. The van der Waals surface area contributed by atoms with Crippen LogP contribution in [0, 0.1) is 5.92 Å². The van der Waals surface area contributed by atoms with Crippen molar-refractivity contribution in [2.45, 2.75) is 31.7 Å². The summed E-state index contributed by atoms with van der Waals surface area (Å²) < 4.78 is 1.32. The van der Waals surface area contributed by atoms with Crippen LogP contribution in [0.1, 0.15) is 31.2 Å². The Kier molecular flexibility index (Phi) is 2.89. The fourth-order valence-corrected chi connectivity index (χ4v) is 3.85. The topological polar surface area (TPSA) is 24.9 Å². The van der Waals surface area contributed by atoms with Crippen molar-refractivity contribution < 1.29 is 0 Å². The van der Waals surface area contributed by atoms with Crippen molar-refractivity contribution in [1.29, 1.82) is 0 Å². The molecule has 0 saturated heterocycles. The molecule has 3 rings (SSSR count). The fourth-order valence-electron chi connectivity index (χ4n) is 3.06. The molecule has 3 atom stereocenters. The van der Waals surface area contributed by atoms with Gasteiger partial charge in [-0.15, -0.1) is 11.3 Å². The molecule has 2 heterocycles. The van der Waals surface area contributed by atoms with Crippen LogP contribution in [0.15, 0.2) is 23.7 Å². The zero-order valence-corrected chi connectivity index (χ0v) is 11.1. The molecule has 0 spiro atoms. The van der Waals surface area contributed by atoms with Crippen molar-refractivity contribution in [2.75, 3.05) is 7.05 Å². The van der Waals surface area contributed by atoms with E-state index in [2.05, 4.69) is 48.0 Å². The number of nitrogens with one attached hydrogen (secondary N) is 1. The summed E-state index contributed by atoms with van der Waals surface area (Å²) in [7, 11) is 2.07. The van der Waals surface area contributed by atoms with Crippen molar-refractivity contribution in [1.82, 2.24) is 10.3 Å².